The number of ketones is 1. The number of benzene rings is 1. The van der Waals surface area contributed by atoms with Gasteiger partial charge in [-0.1, -0.05) is 35.9 Å². The average Bonchev–Trinajstić information content (AvgIpc) is 2.61. The molecule has 1 aliphatic heterocycles. The highest BCUT2D eigenvalue weighted by Gasteiger charge is 2.31. The highest BCUT2D eigenvalue weighted by Crippen LogP contribution is 2.27. The van der Waals surface area contributed by atoms with E-state index in [1.54, 1.807) is 0 Å². The van der Waals surface area contributed by atoms with E-state index in [1.165, 1.54) is 5.56 Å². The molecule has 0 aromatic heterocycles. The van der Waals surface area contributed by atoms with Gasteiger partial charge in [0.25, 0.3) is 0 Å². The van der Waals surface area contributed by atoms with Gasteiger partial charge in [0.05, 0.1) is 0 Å². The molecule has 128 valence electrons. The molecule has 0 spiro atoms. The summed E-state index contributed by atoms with van der Waals surface area (Å²) in [5.74, 6) is 0.750. The van der Waals surface area contributed by atoms with E-state index in [0.717, 1.165) is 56.3 Å². The Morgan fingerprint density at radius 3 is 2.38 bits per heavy atom. The lowest BCUT2D eigenvalue weighted by Gasteiger charge is -2.34. The first kappa shape index (κ1) is 16.9. The molecule has 0 radical (unpaired) electrons. The number of carbonyl (C=O) groups is 2. The van der Waals surface area contributed by atoms with Crippen molar-refractivity contribution in [3.63, 3.8) is 0 Å². The molecule has 0 N–H and O–H groups in total. The molecule has 1 atom stereocenters. The maximum absolute atomic E-state index is 12.8. The summed E-state index contributed by atoms with van der Waals surface area (Å²) in [6.45, 7) is 5.50. The fourth-order valence-corrected chi connectivity index (χ4v) is 3.95. The fourth-order valence-electron chi connectivity index (χ4n) is 3.95. The van der Waals surface area contributed by atoms with Gasteiger partial charge in [-0.25, -0.2) is 0 Å². The molecule has 24 heavy (non-hydrogen) atoms. The number of Topliss-reactive ketones (excluding diaryl/α,β-unsaturated/α-hetero) is 1. The minimum Gasteiger partial charge on any atom is -0.342 e. The van der Waals surface area contributed by atoms with Crippen molar-refractivity contribution < 1.29 is 9.59 Å². The van der Waals surface area contributed by atoms with Crippen LogP contribution in [0.4, 0.5) is 0 Å². The Morgan fingerprint density at radius 1 is 1.00 bits per heavy atom. The summed E-state index contributed by atoms with van der Waals surface area (Å²) >= 11 is 0. The quantitative estimate of drug-likeness (QED) is 0.620. The van der Waals surface area contributed by atoms with Gasteiger partial charge in [0.2, 0.25) is 5.91 Å². The average molecular weight is 325 g/mol. The lowest BCUT2D eigenvalue weighted by Crippen LogP contribution is -2.43. The van der Waals surface area contributed by atoms with Crippen molar-refractivity contribution in [3.8, 4) is 0 Å². The van der Waals surface area contributed by atoms with Crippen LogP contribution in [0.15, 0.2) is 30.4 Å². The first-order valence-corrected chi connectivity index (χ1v) is 9.11. The molecule has 3 heteroatoms. The van der Waals surface area contributed by atoms with Crippen LogP contribution in [0, 0.1) is 25.7 Å². The van der Waals surface area contributed by atoms with Crippen molar-refractivity contribution in [2.45, 2.75) is 46.0 Å². The normalized spacial score (nSPS) is 21.8. The summed E-state index contributed by atoms with van der Waals surface area (Å²) in [6.07, 6.45) is 8.73. The summed E-state index contributed by atoms with van der Waals surface area (Å²) < 4.78 is 0. The summed E-state index contributed by atoms with van der Waals surface area (Å²) in [6, 6.07) is 6.04. The summed E-state index contributed by atoms with van der Waals surface area (Å²) in [7, 11) is 0. The Morgan fingerprint density at radius 2 is 1.75 bits per heavy atom. The standard InChI is InChI=1S/C21H27NO2/c1-15-8-9-19(16(2)14-15)20(23)17-10-12-22(13-11-17)21(24)18-6-4-3-5-7-18/h3-4,8-9,14,17-18H,5-7,10-13H2,1-2H3/t18-/m0/s1. The van der Waals surface area contributed by atoms with Crippen LogP contribution >= 0.6 is 0 Å². The van der Waals surface area contributed by atoms with E-state index < -0.39 is 0 Å². The molecule has 2 aliphatic rings. The molecular weight excluding hydrogens is 298 g/mol. The predicted octanol–water partition coefficient (Wildman–Crippen LogP) is 4.08. The van der Waals surface area contributed by atoms with Crippen molar-refractivity contribution in [1.29, 1.82) is 0 Å². The van der Waals surface area contributed by atoms with Crippen LogP contribution in [0.1, 0.15) is 53.6 Å². The number of likely N-dealkylation sites (tertiary alicyclic amines) is 1. The largest absolute Gasteiger partial charge is 0.342 e. The van der Waals surface area contributed by atoms with Crippen LogP contribution < -0.4 is 0 Å². The molecule has 1 aromatic rings. The van der Waals surface area contributed by atoms with E-state index in [4.69, 9.17) is 0 Å². The van der Waals surface area contributed by atoms with E-state index in [1.807, 2.05) is 30.9 Å². The second kappa shape index (κ2) is 7.33. The third-order valence-corrected chi connectivity index (χ3v) is 5.44. The number of rotatable bonds is 3. The number of hydrogen-bond donors (Lipinski definition) is 0. The summed E-state index contributed by atoms with van der Waals surface area (Å²) in [5.41, 5.74) is 3.10. The maximum atomic E-state index is 12.8. The first-order chi connectivity index (χ1) is 11.6. The molecule has 1 aromatic carbocycles. The van der Waals surface area contributed by atoms with E-state index in [2.05, 4.69) is 18.2 Å². The highest BCUT2D eigenvalue weighted by atomic mass is 16.2. The SMILES string of the molecule is Cc1ccc(C(=O)C2CCN(C(=O)[C@H]3CC=CCC3)CC2)c(C)c1. The molecule has 1 saturated heterocycles. The molecular formula is C21H27NO2. The minimum atomic E-state index is 0.0571. The maximum Gasteiger partial charge on any atom is 0.226 e. The number of nitrogens with zero attached hydrogens (tertiary/aromatic N) is 1. The second-order valence-corrected chi connectivity index (χ2v) is 7.26. The fraction of sp³-hybridized carbons (Fsp3) is 0.524. The third-order valence-electron chi connectivity index (χ3n) is 5.44. The van der Waals surface area contributed by atoms with Gasteiger partial charge in [-0.05, 0) is 51.5 Å². The topological polar surface area (TPSA) is 37.4 Å². The third kappa shape index (κ3) is 3.61. The minimum absolute atomic E-state index is 0.0571. The zero-order chi connectivity index (χ0) is 17.1. The van der Waals surface area contributed by atoms with Gasteiger partial charge in [0.15, 0.2) is 5.78 Å². The number of aryl methyl sites for hydroxylation is 2. The van der Waals surface area contributed by atoms with Crippen LogP contribution in [-0.4, -0.2) is 29.7 Å². The van der Waals surface area contributed by atoms with Crippen LogP contribution in [0.2, 0.25) is 0 Å². The molecule has 0 saturated carbocycles. The molecule has 3 nitrogen and oxygen atoms in total. The number of piperidine rings is 1. The summed E-state index contributed by atoms with van der Waals surface area (Å²) in [4.78, 5) is 27.4. The molecule has 1 fully saturated rings. The number of carbonyl (C=O) groups excluding carboxylic acids is 2. The van der Waals surface area contributed by atoms with Gasteiger partial charge in [-0.15, -0.1) is 0 Å². The van der Waals surface area contributed by atoms with Crippen LogP contribution in [0.25, 0.3) is 0 Å². The van der Waals surface area contributed by atoms with Crippen LogP contribution in [0.5, 0.6) is 0 Å². The van der Waals surface area contributed by atoms with Crippen molar-refractivity contribution in [3.05, 3.63) is 47.0 Å². The van der Waals surface area contributed by atoms with Crippen LogP contribution in [-0.2, 0) is 4.79 Å². The van der Waals surface area contributed by atoms with E-state index in [9.17, 15) is 9.59 Å². The van der Waals surface area contributed by atoms with E-state index >= 15 is 0 Å². The van der Waals surface area contributed by atoms with Gasteiger partial charge in [-0.2, -0.15) is 0 Å². The monoisotopic (exact) mass is 325 g/mol. The Bertz CT molecular complexity index is 654. The van der Waals surface area contributed by atoms with Gasteiger partial charge in [-0.3, -0.25) is 9.59 Å². The van der Waals surface area contributed by atoms with Crippen LogP contribution in [0.3, 0.4) is 0 Å². The molecule has 1 amide bonds. The predicted molar refractivity (Wildman–Crippen MR) is 96.0 cm³/mol. The van der Waals surface area contributed by atoms with E-state index in [0.29, 0.717) is 0 Å². The Hall–Kier alpha value is -1.90. The van der Waals surface area contributed by atoms with Crippen molar-refractivity contribution >= 4 is 11.7 Å². The summed E-state index contributed by atoms with van der Waals surface area (Å²) in [5, 5.41) is 0. The zero-order valence-electron chi connectivity index (χ0n) is 14.8. The van der Waals surface area contributed by atoms with Gasteiger partial charge in [0.1, 0.15) is 0 Å². The Labute approximate surface area is 144 Å². The Balaban J connectivity index is 1.59. The number of hydrogen-bond acceptors (Lipinski definition) is 2. The molecule has 1 heterocycles. The van der Waals surface area contributed by atoms with E-state index in [-0.39, 0.29) is 23.5 Å². The van der Waals surface area contributed by atoms with Gasteiger partial charge in [0, 0.05) is 30.5 Å². The molecule has 1 aliphatic carbocycles. The lowest BCUT2D eigenvalue weighted by molar-refractivity contribution is -0.137. The van der Waals surface area contributed by atoms with Crippen molar-refractivity contribution in [2.24, 2.45) is 11.8 Å². The smallest absolute Gasteiger partial charge is 0.226 e. The second-order valence-electron chi connectivity index (χ2n) is 7.26. The Kier molecular flexibility index (Phi) is 5.17. The number of allylic oxidation sites excluding steroid dienone is 2. The van der Waals surface area contributed by atoms with Gasteiger partial charge >= 0.3 is 0 Å². The van der Waals surface area contributed by atoms with Crippen molar-refractivity contribution in [1.82, 2.24) is 4.90 Å². The van der Waals surface area contributed by atoms with Gasteiger partial charge < -0.3 is 4.90 Å². The highest BCUT2D eigenvalue weighted by molar-refractivity contribution is 5.99. The van der Waals surface area contributed by atoms with Crippen molar-refractivity contribution in [2.75, 3.05) is 13.1 Å². The molecule has 0 unspecified atom stereocenters. The lowest BCUT2D eigenvalue weighted by atomic mass is 9.86. The molecule has 3 rings (SSSR count). The zero-order valence-corrected chi connectivity index (χ0v) is 14.8. The molecule has 0 bridgehead atoms. The first-order valence-electron chi connectivity index (χ1n) is 9.11. The number of amides is 1.